The van der Waals surface area contributed by atoms with E-state index >= 15 is 0 Å². The lowest BCUT2D eigenvalue weighted by Crippen LogP contribution is -1.79. The lowest BCUT2D eigenvalue weighted by molar-refractivity contribution is 0.584. The first-order chi connectivity index (χ1) is 9.24. The number of nitrogens with zero attached hydrogens (tertiary/aromatic N) is 2. The molecule has 0 aliphatic carbocycles. The normalized spacial score (nSPS) is 10.6. The molecule has 0 atom stereocenters. The zero-order valence-electron chi connectivity index (χ0n) is 9.68. The Morgan fingerprint density at radius 3 is 2.53 bits per heavy atom. The molecule has 0 N–H and O–H groups in total. The third-order valence-electron chi connectivity index (χ3n) is 2.60. The molecule has 1 heterocycles. The summed E-state index contributed by atoms with van der Waals surface area (Å²) in [7, 11) is 0. The van der Waals surface area contributed by atoms with Crippen LogP contribution in [0.1, 0.15) is 0 Å². The van der Waals surface area contributed by atoms with Crippen LogP contribution in [0.15, 0.2) is 57.4 Å². The SMILES string of the molecule is Brc1ccccc1-c1nnc(-c2cccc(I)c2)o1. The standard InChI is InChI=1S/C14H8BrIN2O/c15-12-7-2-1-6-11(12)14-18-17-13(19-14)9-4-3-5-10(16)8-9/h1-8H. The Hall–Kier alpha value is -1.21. The fourth-order valence-electron chi connectivity index (χ4n) is 1.70. The topological polar surface area (TPSA) is 38.9 Å². The third kappa shape index (κ3) is 2.71. The number of hydrogen-bond donors (Lipinski definition) is 0. The molecule has 0 saturated heterocycles. The minimum atomic E-state index is 0.515. The van der Waals surface area contributed by atoms with Crippen molar-refractivity contribution in [1.29, 1.82) is 0 Å². The average Bonchev–Trinajstić information content (AvgIpc) is 2.89. The van der Waals surface area contributed by atoms with Crippen LogP contribution in [0.2, 0.25) is 0 Å². The van der Waals surface area contributed by atoms with Gasteiger partial charge in [-0.1, -0.05) is 18.2 Å². The van der Waals surface area contributed by atoms with Gasteiger partial charge in [-0.2, -0.15) is 0 Å². The predicted octanol–water partition coefficient (Wildman–Crippen LogP) is 4.77. The van der Waals surface area contributed by atoms with E-state index in [2.05, 4.69) is 48.7 Å². The largest absolute Gasteiger partial charge is 0.416 e. The Balaban J connectivity index is 2.03. The van der Waals surface area contributed by atoms with Crippen molar-refractivity contribution in [3.8, 4) is 22.9 Å². The van der Waals surface area contributed by atoms with Crippen molar-refractivity contribution in [3.63, 3.8) is 0 Å². The van der Waals surface area contributed by atoms with Crippen molar-refractivity contribution >= 4 is 38.5 Å². The molecular weight excluding hydrogens is 419 g/mol. The Morgan fingerprint density at radius 2 is 1.74 bits per heavy atom. The number of halogens is 2. The minimum Gasteiger partial charge on any atom is -0.416 e. The Labute approximate surface area is 132 Å². The average molecular weight is 427 g/mol. The molecule has 0 spiro atoms. The summed E-state index contributed by atoms with van der Waals surface area (Å²) in [4.78, 5) is 0. The summed E-state index contributed by atoms with van der Waals surface area (Å²) in [5, 5.41) is 8.21. The number of hydrogen-bond acceptors (Lipinski definition) is 3. The first-order valence-electron chi connectivity index (χ1n) is 5.58. The zero-order chi connectivity index (χ0) is 13.2. The van der Waals surface area contributed by atoms with E-state index in [1.807, 2.05) is 48.5 Å². The Kier molecular flexibility index (Phi) is 3.65. The van der Waals surface area contributed by atoms with E-state index < -0.39 is 0 Å². The van der Waals surface area contributed by atoms with Crippen LogP contribution in [-0.2, 0) is 0 Å². The Bertz CT molecular complexity index is 727. The molecule has 3 aromatic rings. The van der Waals surface area contributed by atoms with Crippen molar-refractivity contribution < 1.29 is 4.42 Å². The van der Waals surface area contributed by atoms with Crippen LogP contribution in [0, 0.1) is 3.57 Å². The lowest BCUT2D eigenvalue weighted by Gasteiger charge is -1.98. The molecule has 0 unspecified atom stereocenters. The maximum Gasteiger partial charge on any atom is 0.249 e. The van der Waals surface area contributed by atoms with Gasteiger partial charge in [-0.3, -0.25) is 0 Å². The van der Waals surface area contributed by atoms with Gasteiger partial charge >= 0.3 is 0 Å². The summed E-state index contributed by atoms with van der Waals surface area (Å²) < 4.78 is 7.81. The fraction of sp³-hybridized carbons (Fsp3) is 0. The molecule has 19 heavy (non-hydrogen) atoms. The van der Waals surface area contributed by atoms with Gasteiger partial charge in [-0.15, -0.1) is 10.2 Å². The number of aromatic nitrogens is 2. The van der Waals surface area contributed by atoms with Crippen LogP contribution in [0.4, 0.5) is 0 Å². The molecule has 0 radical (unpaired) electrons. The van der Waals surface area contributed by atoms with Crippen LogP contribution >= 0.6 is 38.5 Å². The van der Waals surface area contributed by atoms with Crippen LogP contribution in [0.25, 0.3) is 22.9 Å². The van der Waals surface area contributed by atoms with Crippen molar-refractivity contribution in [2.45, 2.75) is 0 Å². The van der Waals surface area contributed by atoms with Crippen molar-refractivity contribution in [2.75, 3.05) is 0 Å². The predicted molar refractivity (Wildman–Crippen MR) is 85.6 cm³/mol. The van der Waals surface area contributed by atoms with Crippen LogP contribution < -0.4 is 0 Å². The van der Waals surface area contributed by atoms with E-state index in [1.54, 1.807) is 0 Å². The smallest absolute Gasteiger partial charge is 0.249 e. The van der Waals surface area contributed by atoms with Crippen molar-refractivity contribution in [1.82, 2.24) is 10.2 Å². The van der Waals surface area contributed by atoms with E-state index in [4.69, 9.17) is 4.42 Å². The van der Waals surface area contributed by atoms with Crippen LogP contribution in [0.3, 0.4) is 0 Å². The lowest BCUT2D eigenvalue weighted by atomic mass is 10.2. The minimum absolute atomic E-state index is 0.515. The molecule has 3 nitrogen and oxygen atoms in total. The van der Waals surface area contributed by atoms with E-state index in [0.717, 1.165) is 19.2 Å². The van der Waals surface area contributed by atoms with Crippen LogP contribution in [-0.4, -0.2) is 10.2 Å². The molecule has 1 aromatic heterocycles. The van der Waals surface area contributed by atoms with Crippen molar-refractivity contribution in [2.24, 2.45) is 0 Å². The quantitative estimate of drug-likeness (QED) is 0.554. The number of benzene rings is 2. The molecule has 0 fully saturated rings. The van der Waals surface area contributed by atoms with Gasteiger partial charge in [0.05, 0.1) is 5.56 Å². The molecule has 0 bridgehead atoms. The highest BCUT2D eigenvalue weighted by molar-refractivity contribution is 14.1. The van der Waals surface area contributed by atoms with Gasteiger partial charge in [0.2, 0.25) is 11.8 Å². The monoisotopic (exact) mass is 426 g/mol. The molecule has 2 aromatic carbocycles. The summed E-state index contributed by atoms with van der Waals surface area (Å²) in [5.41, 5.74) is 1.82. The summed E-state index contributed by atoms with van der Waals surface area (Å²) in [6.45, 7) is 0. The van der Waals surface area contributed by atoms with Gasteiger partial charge in [0.25, 0.3) is 0 Å². The second-order valence-corrected chi connectivity index (χ2v) is 6.00. The Morgan fingerprint density at radius 1 is 0.947 bits per heavy atom. The van der Waals surface area contributed by atoms with Gasteiger partial charge in [-0.25, -0.2) is 0 Å². The highest BCUT2D eigenvalue weighted by atomic mass is 127. The van der Waals surface area contributed by atoms with Gasteiger partial charge in [0, 0.05) is 13.6 Å². The molecule has 0 aliphatic rings. The second kappa shape index (κ2) is 5.42. The maximum absolute atomic E-state index is 5.74. The first kappa shape index (κ1) is 12.8. The molecule has 0 aliphatic heterocycles. The van der Waals surface area contributed by atoms with Crippen molar-refractivity contribution in [3.05, 3.63) is 56.6 Å². The van der Waals surface area contributed by atoms with Gasteiger partial charge < -0.3 is 4.42 Å². The molecule has 3 rings (SSSR count). The van der Waals surface area contributed by atoms with E-state index in [9.17, 15) is 0 Å². The van der Waals surface area contributed by atoms with Gasteiger partial charge in [0.1, 0.15) is 0 Å². The molecule has 5 heteroatoms. The van der Waals surface area contributed by atoms with E-state index in [-0.39, 0.29) is 0 Å². The van der Waals surface area contributed by atoms with E-state index in [1.165, 1.54) is 0 Å². The highest BCUT2D eigenvalue weighted by Crippen LogP contribution is 2.29. The third-order valence-corrected chi connectivity index (χ3v) is 3.96. The summed E-state index contributed by atoms with van der Waals surface area (Å²) in [5.74, 6) is 1.05. The highest BCUT2D eigenvalue weighted by Gasteiger charge is 2.12. The summed E-state index contributed by atoms with van der Waals surface area (Å²) in [6, 6.07) is 15.7. The van der Waals surface area contributed by atoms with Crippen LogP contribution in [0.5, 0.6) is 0 Å². The molecule has 0 amide bonds. The molecule has 0 saturated carbocycles. The summed E-state index contributed by atoms with van der Waals surface area (Å²) in [6.07, 6.45) is 0. The molecular formula is C14H8BrIN2O. The first-order valence-corrected chi connectivity index (χ1v) is 7.45. The van der Waals surface area contributed by atoms with Gasteiger partial charge in [-0.05, 0) is 68.9 Å². The number of rotatable bonds is 2. The second-order valence-electron chi connectivity index (χ2n) is 3.90. The fourth-order valence-corrected chi connectivity index (χ4v) is 2.70. The summed E-state index contributed by atoms with van der Waals surface area (Å²) >= 11 is 5.74. The van der Waals surface area contributed by atoms with E-state index in [0.29, 0.717) is 11.8 Å². The zero-order valence-corrected chi connectivity index (χ0v) is 13.4. The maximum atomic E-state index is 5.74. The molecule has 94 valence electrons. The van der Waals surface area contributed by atoms with Gasteiger partial charge in [0.15, 0.2) is 0 Å².